The molecule has 25 heavy (non-hydrogen) atoms. The number of aryl methyl sites for hydroxylation is 1. The van der Waals surface area contributed by atoms with Gasteiger partial charge in [0.25, 0.3) is 5.91 Å². The van der Waals surface area contributed by atoms with E-state index in [-0.39, 0.29) is 18.3 Å². The van der Waals surface area contributed by atoms with Crippen LogP contribution in [0.2, 0.25) is 5.02 Å². The van der Waals surface area contributed by atoms with Gasteiger partial charge in [0.05, 0.1) is 23.1 Å². The number of rotatable bonds is 7. The van der Waals surface area contributed by atoms with Crippen molar-refractivity contribution in [3.63, 3.8) is 0 Å². The van der Waals surface area contributed by atoms with Crippen LogP contribution in [0.3, 0.4) is 0 Å². The summed E-state index contributed by atoms with van der Waals surface area (Å²) in [6.07, 6.45) is 5.66. The highest BCUT2D eigenvalue weighted by Gasteiger charge is 2.32. The van der Waals surface area contributed by atoms with E-state index in [9.17, 15) is 4.79 Å². The molecule has 0 aliphatic heterocycles. The van der Waals surface area contributed by atoms with E-state index in [1.807, 2.05) is 29.8 Å². The van der Waals surface area contributed by atoms with Crippen LogP contribution in [-0.2, 0) is 0 Å². The predicted molar refractivity (Wildman–Crippen MR) is 103 cm³/mol. The zero-order valence-electron chi connectivity index (χ0n) is 14.3. The van der Waals surface area contributed by atoms with Crippen LogP contribution in [0, 0.1) is 6.92 Å². The average Bonchev–Trinajstić information content (AvgIpc) is 3.32. The molecule has 0 unspecified atom stereocenters. The number of carbonyl (C=O) groups excluding carboxylic acids is 1. The van der Waals surface area contributed by atoms with Crippen molar-refractivity contribution in [2.24, 2.45) is 5.73 Å². The molecule has 1 aromatic heterocycles. The van der Waals surface area contributed by atoms with Crippen LogP contribution >= 0.6 is 24.0 Å². The van der Waals surface area contributed by atoms with Crippen molar-refractivity contribution in [1.29, 1.82) is 0 Å². The summed E-state index contributed by atoms with van der Waals surface area (Å²) in [5.74, 6) is 0.343. The standard InChI is InChI=1S/C18H23ClN4O.ClH/c1-12-4-7-14(10-16(12)19)23-17(13-5-6-13)15(11-22-23)18(24)21-9-3-2-8-20;/h4,7,10-11,13H,2-3,5-6,8-9,20H2,1H3,(H,21,24);1H. The van der Waals surface area contributed by atoms with Crippen LogP contribution in [0.4, 0.5) is 0 Å². The summed E-state index contributed by atoms with van der Waals surface area (Å²) < 4.78 is 1.86. The van der Waals surface area contributed by atoms with Gasteiger partial charge in [0, 0.05) is 17.5 Å². The molecule has 2 aromatic rings. The van der Waals surface area contributed by atoms with Crippen molar-refractivity contribution in [3.05, 3.63) is 46.2 Å². The molecule has 1 aromatic carbocycles. The van der Waals surface area contributed by atoms with Gasteiger partial charge in [0.2, 0.25) is 0 Å². The molecule has 0 radical (unpaired) electrons. The molecule has 3 rings (SSSR count). The van der Waals surface area contributed by atoms with Crippen molar-refractivity contribution < 1.29 is 4.79 Å². The van der Waals surface area contributed by atoms with Crippen LogP contribution in [0.1, 0.15) is 53.2 Å². The average molecular weight is 383 g/mol. The molecular weight excluding hydrogens is 359 g/mol. The number of benzene rings is 1. The first-order chi connectivity index (χ1) is 11.6. The number of halogens is 2. The lowest BCUT2D eigenvalue weighted by atomic mass is 10.1. The number of aromatic nitrogens is 2. The molecule has 0 saturated heterocycles. The van der Waals surface area contributed by atoms with Gasteiger partial charge in [0.1, 0.15) is 0 Å². The molecule has 0 bridgehead atoms. The SMILES string of the molecule is Cc1ccc(-n2ncc(C(=O)NCCCCN)c2C2CC2)cc1Cl.Cl. The number of unbranched alkanes of at least 4 members (excludes halogenated alkanes) is 1. The summed E-state index contributed by atoms with van der Waals surface area (Å²) in [4.78, 5) is 12.5. The molecular formula is C18H24Cl2N4O. The minimum absolute atomic E-state index is 0. The second-order valence-corrected chi connectivity index (χ2v) is 6.72. The molecule has 5 nitrogen and oxygen atoms in total. The van der Waals surface area contributed by atoms with Crippen molar-refractivity contribution in [3.8, 4) is 5.69 Å². The summed E-state index contributed by atoms with van der Waals surface area (Å²) in [5.41, 5.74) is 9.07. The largest absolute Gasteiger partial charge is 0.352 e. The van der Waals surface area contributed by atoms with Crippen LogP contribution in [0.25, 0.3) is 5.69 Å². The maximum Gasteiger partial charge on any atom is 0.254 e. The summed E-state index contributed by atoms with van der Waals surface area (Å²) in [7, 11) is 0. The maximum absolute atomic E-state index is 12.5. The van der Waals surface area contributed by atoms with Gasteiger partial charge in [-0.05, 0) is 56.8 Å². The minimum atomic E-state index is -0.0571. The smallest absolute Gasteiger partial charge is 0.254 e. The molecule has 1 aliphatic carbocycles. The van der Waals surface area contributed by atoms with Gasteiger partial charge in [-0.2, -0.15) is 5.10 Å². The third-order valence-corrected chi connectivity index (χ3v) is 4.74. The molecule has 3 N–H and O–H groups in total. The minimum Gasteiger partial charge on any atom is -0.352 e. The third-order valence-electron chi connectivity index (χ3n) is 4.33. The summed E-state index contributed by atoms with van der Waals surface area (Å²) in [5, 5.41) is 8.14. The van der Waals surface area contributed by atoms with E-state index in [0.717, 1.165) is 42.6 Å². The molecule has 7 heteroatoms. The number of nitrogens with two attached hydrogens (primary N) is 1. The second-order valence-electron chi connectivity index (χ2n) is 6.31. The number of hydrogen-bond acceptors (Lipinski definition) is 3. The molecule has 1 amide bonds. The Hall–Kier alpha value is -1.56. The molecule has 1 aliphatic rings. The van der Waals surface area contributed by atoms with Crippen LogP contribution in [0.5, 0.6) is 0 Å². The monoisotopic (exact) mass is 382 g/mol. The molecule has 1 fully saturated rings. The van der Waals surface area contributed by atoms with Crippen molar-refractivity contribution in [1.82, 2.24) is 15.1 Å². The quantitative estimate of drug-likeness (QED) is 0.718. The molecule has 0 atom stereocenters. The van der Waals surface area contributed by atoms with Gasteiger partial charge < -0.3 is 11.1 Å². The first-order valence-electron chi connectivity index (χ1n) is 8.44. The Labute approximate surface area is 159 Å². The predicted octanol–water partition coefficient (Wildman–Crippen LogP) is 3.60. The van der Waals surface area contributed by atoms with E-state index < -0.39 is 0 Å². The topological polar surface area (TPSA) is 72.9 Å². The van der Waals surface area contributed by atoms with Gasteiger partial charge in [-0.15, -0.1) is 12.4 Å². The highest BCUT2D eigenvalue weighted by atomic mass is 35.5. The van der Waals surface area contributed by atoms with E-state index in [1.54, 1.807) is 6.20 Å². The molecule has 136 valence electrons. The molecule has 1 saturated carbocycles. The Kier molecular flexibility index (Phi) is 6.87. The Morgan fingerprint density at radius 2 is 2.16 bits per heavy atom. The second kappa shape index (κ2) is 8.70. The molecule has 1 heterocycles. The van der Waals surface area contributed by atoms with Gasteiger partial charge in [-0.25, -0.2) is 4.68 Å². The Morgan fingerprint density at radius 3 is 2.80 bits per heavy atom. The van der Waals surface area contributed by atoms with E-state index in [4.69, 9.17) is 17.3 Å². The lowest BCUT2D eigenvalue weighted by Gasteiger charge is -2.10. The first kappa shape index (κ1) is 19.8. The number of nitrogens with zero attached hydrogens (tertiary/aromatic N) is 2. The van der Waals surface area contributed by atoms with E-state index in [1.165, 1.54) is 0 Å². The van der Waals surface area contributed by atoms with Gasteiger partial charge in [0.15, 0.2) is 0 Å². The van der Waals surface area contributed by atoms with E-state index in [0.29, 0.717) is 29.6 Å². The highest BCUT2D eigenvalue weighted by molar-refractivity contribution is 6.31. The number of nitrogens with one attached hydrogen (secondary N) is 1. The van der Waals surface area contributed by atoms with Crippen molar-refractivity contribution in [2.45, 2.75) is 38.5 Å². The fourth-order valence-corrected chi connectivity index (χ4v) is 2.94. The number of carbonyl (C=O) groups is 1. The fraction of sp³-hybridized carbons (Fsp3) is 0.444. The van der Waals surface area contributed by atoms with Gasteiger partial charge in [-0.3, -0.25) is 4.79 Å². The zero-order chi connectivity index (χ0) is 17.1. The van der Waals surface area contributed by atoms with E-state index in [2.05, 4.69) is 10.4 Å². The summed E-state index contributed by atoms with van der Waals surface area (Å²) >= 11 is 6.25. The van der Waals surface area contributed by atoms with Gasteiger partial charge >= 0.3 is 0 Å². The summed E-state index contributed by atoms with van der Waals surface area (Å²) in [6.45, 7) is 3.26. The third kappa shape index (κ3) is 4.54. The normalized spacial score (nSPS) is 13.4. The fourth-order valence-electron chi connectivity index (χ4n) is 2.77. The van der Waals surface area contributed by atoms with E-state index >= 15 is 0 Å². The van der Waals surface area contributed by atoms with Crippen LogP contribution < -0.4 is 11.1 Å². The Balaban J connectivity index is 0.00000225. The van der Waals surface area contributed by atoms with Gasteiger partial charge in [-0.1, -0.05) is 17.7 Å². The van der Waals surface area contributed by atoms with Crippen molar-refractivity contribution >= 4 is 29.9 Å². The van der Waals surface area contributed by atoms with Crippen molar-refractivity contribution in [2.75, 3.05) is 13.1 Å². The lowest BCUT2D eigenvalue weighted by Crippen LogP contribution is -2.25. The molecule has 0 spiro atoms. The number of amides is 1. The Bertz CT molecular complexity index is 741. The lowest BCUT2D eigenvalue weighted by molar-refractivity contribution is 0.0952. The Morgan fingerprint density at radius 1 is 1.40 bits per heavy atom. The van der Waals surface area contributed by atoms with Crippen LogP contribution in [-0.4, -0.2) is 28.8 Å². The maximum atomic E-state index is 12.5. The first-order valence-corrected chi connectivity index (χ1v) is 8.82. The zero-order valence-corrected chi connectivity index (χ0v) is 15.9. The summed E-state index contributed by atoms with van der Waals surface area (Å²) in [6, 6.07) is 5.87. The van der Waals surface area contributed by atoms with Crippen LogP contribution in [0.15, 0.2) is 24.4 Å². The number of hydrogen-bond donors (Lipinski definition) is 2. The highest BCUT2D eigenvalue weighted by Crippen LogP contribution is 2.42.